The van der Waals surface area contributed by atoms with E-state index in [1.54, 1.807) is 19.9 Å². The summed E-state index contributed by atoms with van der Waals surface area (Å²) >= 11 is 0. The van der Waals surface area contributed by atoms with E-state index in [-0.39, 0.29) is 49.5 Å². The van der Waals surface area contributed by atoms with Gasteiger partial charge in [0.25, 0.3) is 0 Å². The summed E-state index contributed by atoms with van der Waals surface area (Å²) in [5, 5.41) is 47.4. The molecule has 0 aromatic carbocycles. The number of aliphatic hydroxyl groups excluding tert-OH is 1. The molecule has 2 aliphatic heterocycles. The van der Waals surface area contributed by atoms with Crippen molar-refractivity contribution in [2.75, 3.05) is 6.61 Å². The first kappa shape index (κ1) is 24.7. The van der Waals surface area contributed by atoms with Gasteiger partial charge in [-0.15, -0.1) is 0 Å². The van der Waals surface area contributed by atoms with E-state index < -0.39 is 51.9 Å². The van der Waals surface area contributed by atoms with Gasteiger partial charge in [-0.2, -0.15) is 0 Å². The summed E-state index contributed by atoms with van der Waals surface area (Å²) < 4.78 is 12.0. The Kier molecular flexibility index (Phi) is 5.01. The Labute approximate surface area is 211 Å². The Bertz CT molecular complexity index is 1100. The predicted molar refractivity (Wildman–Crippen MR) is 127 cm³/mol. The number of hydrogen-bond acceptors (Lipinski definition) is 8. The summed E-state index contributed by atoms with van der Waals surface area (Å²) in [4.78, 5) is 25.8. The molecule has 198 valence electrons. The number of allylic oxidation sites excluding steroid dienone is 1. The highest BCUT2D eigenvalue weighted by atomic mass is 16.6. The van der Waals surface area contributed by atoms with Crippen LogP contribution in [0.2, 0.25) is 0 Å². The second-order valence-corrected chi connectivity index (χ2v) is 12.9. The zero-order valence-electron chi connectivity index (χ0n) is 21.5. The molecule has 2 heterocycles. The van der Waals surface area contributed by atoms with Crippen LogP contribution in [0.3, 0.4) is 0 Å². The van der Waals surface area contributed by atoms with Crippen molar-refractivity contribution in [2.45, 2.75) is 95.4 Å². The van der Waals surface area contributed by atoms with Crippen molar-refractivity contribution < 1.29 is 39.5 Å². The fourth-order valence-corrected chi connectivity index (χ4v) is 9.48. The predicted octanol–water partition coefficient (Wildman–Crippen LogP) is 1.79. The standard InChI is InChI=1S/C28H38O8/c1-14-10-20(36-23(31)15(14)2)19-13-35-28(34)12-18-16(17-7-9-26(19,32)25(17,28)4)11-22(30)27(33)8-5-6-21(29)24(18,27)3/h5-6,16-20,22,30,32-34H,7-13H2,1-4H3/t16-,17+,18+,19+,20+,22+,24-,25-,26+,27-,28-/m0/s1. The molecule has 4 aliphatic carbocycles. The number of carbonyl (C=O) groups excluding carboxylic acids is 2. The number of aliphatic hydroxyl groups is 4. The second-order valence-electron chi connectivity index (χ2n) is 12.9. The molecule has 36 heavy (non-hydrogen) atoms. The zero-order chi connectivity index (χ0) is 26.1. The van der Waals surface area contributed by atoms with Crippen LogP contribution >= 0.6 is 0 Å². The average molecular weight is 503 g/mol. The van der Waals surface area contributed by atoms with Crippen molar-refractivity contribution in [3.05, 3.63) is 23.3 Å². The molecule has 0 aromatic heterocycles. The Morgan fingerprint density at radius 1 is 1.03 bits per heavy atom. The van der Waals surface area contributed by atoms with E-state index in [4.69, 9.17) is 9.47 Å². The van der Waals surface area contributed by atoms with Gasteiger partial charge in [0, 0.05) is 24.3 Å². The fourth-order valence-electron chi connectivity index (χ4n) is 9.48. The molecule has 0 amide bonds. The van der Waals surface area contributed by atoms with E-state index in [2.05, 4.69) is 0 Å². The number of cyclic esters (lactones) is 1. The molecule has 4 fully saturated rings. The summed E-state index contributed by atoms with van der Waals surface area (Å²) in [6, 6.07) is 0. The molecular formula is C28H38O8. The Morgan fingerprint density at radius 3 is 2.44 bits per heavy atom. The molecule has 0 bridgehead atoms. The maximum absolute atomic E-state index is 13.3. The molecule has 8 nitrogen and oxygen atoms in total. The second kappa shape index (κ2) is 7.29. The van der Waals surface area contributed by atoms with E-state index in [0.29, 0.717) is 24.8 Å². The van der Waals surface area contributed by atoms with E-state index in [9.17, 15) is 30.0 Å². The molecule has 0 aromatic rings. The number of fused-ring (bicyclic) bond motifs is 4. The van der Waals surface area contributed by atoms with Gasteiger partial charge in [-0.3, -0.25) is 4.79 Å². The highest BCUT2D eigenvalue weighted by Crippen LogP contribution is 2.73. The third-order valence-electron chi connectivity index (χ3n) is 12.0. The molecule has 4 N–H and O–H groups in total. The molecule has 8 heteroatoms. The summed E-state index contributed by atoms with van der Waals surface area (Å²) in [5.74, 6) is -3.74. The number of carbonyl (C=O) groups is 2. The van der Waals surface area contributed by atoms with Crippen molar-refractivity contribution in [3.63, 3.8) is 0 Å². The molecule has 6 aliphatic rings. The van der Waals surface area contributed by atoms with E-state index in [1.807, 2.05) is 13.8 Å². The van der Waals surface area contributed by atoms with Crippen LogP contribution in [-0.4, -0.2) is 68.0 Å². The van der Waals surface area contributed by atoms with Crippen molar-refractivity contribution >= 4 is 11.8 Å². The molecule has 0 unspecified atom stereocenters. The molecular weight excluding hydrogens is 464 g/mol. The van der Waals surface area contributed by atoms with E-state index in [0.717, 1.165) is 5.57 Å². The van der Waals surface area contributed by atoms with Crippen LogP contribution in [0.25, 0.3) is 0 Å². The molecule has 11 atom stereocenters. The van der Waals surface area contributed by atoms with Crippen LogP contribution < -0.4 is 0 Å². The first-order valence-electron chi connectivity index (χ1n) is 13.3. The Morgan fingerprint density at radius 2 is 1.75 bits per heavy atom. The first-order chi connectivity index (χ1) is 16.7. The highest BCUT2D eigenvalue weighted by Gasteiger charge is 2.80. The minimum Gasteiger partial charge on any atom is -0.458 e. The van der Waals surface area contributed by atoms with Crippen LogP contribution in [0, 0.1) is 34.5 Å². The van der Waals surface area contributed by atoms with E-state index in [1.165, 1.54) is 6.08 Å². The van der Waals surface area contributed by atoms with Gasteiger partial charge in [0.15, 0.2) is 11.6 Å². The minimum absolute atomic E-state index is 0.0222. The zero-order valence-corrected chi connectivity index (χ0v) is 21.5. The van der Waals surface area contributed by atoms with Crippen LogP contribution in [0.15, 0.2) is 23.3 Å². The smallest absolute Gasteiger partial charge is 0.333 e. The van der Waals surface area contributed by atoms with Crippen molar-refractivity contribution in [3.8, 4) is 0 Å². The maximum atomic E-state index is 13.3. The lowest BCUT2D eigenvalue weighted by Gasteiger charge is -2.69. The molecule has 0 radical (unpaired) electrons. The van der Waals surface area contributed by atoms with Gasteiger partial charge >= 0.3 is 5.97 Å². The van der Waals surface area contributed by atoms with Crippen LogP contribution in [0.4, 0.5) is 0 Å². The van der Waals surface area contributed by atoms with Gasteiger partial charge in [0.2, 0.25) is 0 Å². The molecule has 1 saturated heterocycles. The monoisotopic (exact) mass is 502 g/mol. The fraction of sp³-hybridized carbons (Fsp3) is 0.786. The van der Waals surface area contributed by atoms with Crippen LogP contribution in [0.1, 0.15) is 66.2 Å². The van der Waals surface area contributed by atoms with Crippen molar-refractivity contribution in [2.24, 2.45) is 34.5 Å². The highest BCUT2D eigenvalue weighted by molar-refractivity contribution is 5.97. The van der Waals surface area contributed by atoms with Gasteiger partial charge in [-0.05, 0) is 70.3 Å². The van der Waals surface area contributed by atoms with Crippen molar-refractivity contribution in [1.82, 2.24) is 0 Å². The summed E-state index contributed by atoms with van der Waals surface area (Å²) in [6.45, 7) is 7.25. The third kappa shape index (κ3) is 2.58. The largest absolute Gasteiger partial charge is 0.458 e. The van der Waals surface area contributed by atoms with Gasteiger partial charge in [-0.25, -0.2) is 4.79 Å². The molecule has 3 saturated carbocycles. The van der Waals surface area contributed by atoms with Crippen molar-refractivity contribution in [1.29, 1.82) is 0 Å². The average Bonchev–Trinajstić information content (AvgIpc) is 3.09. The number of ketones is 1. The van der Waals surface area contributed by atoms with Gasteiger partial charge in [0.1, 0.15) is 11.7 Å². The normalized spacial score (nSPS) is 56.1. The van der Waals surface area contributed by atoms with E-state index >= 15 is 0 Å². The topological polar surface area (TPSA) is 134 Å². The number of rotatable bonds is 1. The number of ether oxygens (including phenoxy) is 2. The lowest BCUT2D eigenvalue weighted by atomic mass is 9.40. The lowest BCUT2D eigenvalue weighted by Crippen LogP contribution is -2.77. The Balaban J connectivity index is 1.42. The SMILES string of the molecule is CC1=C(C)C(=O)O[C@@H]([C@H]2CO[C@@]3(O)C[C@@H]4[C@@H](C[C@@H](O)[C@@]5(O)CC=CC(=O)[C@]45C)[C@H]4CC[C@]2(O)[C@]43C)C1. The number of esters is 1. The summed E-state index contributed by atoms with van der Waals surface area (Å²) in [6.07, 6.45) is 3.46. The first-order valence-corrected chi connectivity index (χ1v) is 13.3. The minimum atomic E-state index is -1.73. The quantitative estimate of drug-likeness (QED) is 0.399. The lowest BCUT2D eigenvalue weighted by molar-refractivity contribution is -0.402. The van der Waals surface area contributed by atoms with Gasteiger partial charge in [-0.1, -0.05) is 18.6 Å². The molecule has 0 spiro atoms. The number of hydrogen-bond donors (Lipinski definition) is 4. The van der Waals surface area contributed by atoms with Crippen LogP contribution in [-0.2, 0) is 19.1 Å². The summed E-state index contributed by atoms with van der Waals surface area (Å²) in [7, 11) is 0. The molecule has 6 rings (SSSR count). The van der Waals surface area contributed by atoms with Crippen LogP contribution in [0.5, 0.6) is 0 Å². The third-order valence-corrected chi connectivity index (χ3v) is 12.0. The Hall–Kier alpha value is -1.58. The van der Waals surface area contributed by atoms with Gasteiger partial charge in [0.05, 0.1) is 29.1 Å². The van der Waals surface area contributed by atoms with Gasteiger partial charge < -0.3 is 29.9 Å². The summed E-state index contributed by atoms with van der Waals surface area (Å²) in [5.41, 5.74) is -3.84. The maximum Gasteiger partial charge on any atom is 0.333 e.